The molecule has 0 atom stereocenters. The second kappa shape index (κ2) is 10.3. The summed E-state index contributed by atoms with van der Waals surface area (Å²) in [5.41, 5.74) is 2.30. The minimum Gasteiger partial charge on any atom is -0.395 e. The molecule has 0 aliphatic heterocycles. The van der Waals surface area contributed by atoms with E-state index >= 15 is 0 Å². The van der Waals surface area contributed by atoms with Crippen LogP contribution in [-0.2, 0) is 13.0 Å². The molecule has 5 heteroatoms. The largest absolute Gasteiger partial charge is 0.395 e. The summed E-state index contributed by atoms with van der Waals surface area (Å²) in [5, 5.41) is 10.1. The molecule has 4 rings (SSSR count). The molecule has 4 nitrogen and oxygen atoms in total. The third-order valence-corrected chi connectivity index (χ3v) is 3.86. The van der Waals surface area contributed by atoms with Gasteiger partial charge in [0.2, 0.25) is 0 Å². The molecule has 0 fully saturated rings. The molecule has 2 heterocycles. The summed E-state index contributed by atoms with van der Waals surface area (Å²) in [6.07, 6.45) is 6.29. The highest BCUT2D eigenvalue weighted by Crippen LogP contribution is 2.08. The van der Waals surface area contributed by atoms with E-state index in [4.69, 9.17) is 5.11 Å². The molecule has 0 radical (unpaired) electrons. The van der Waals surface area contributed by atoms with Gasteiger partial charge in [0, 0.05) is 36.9 Å². The van der Waals surface area contributed by atoms with E-state index in [2.05, 4.69) is 34.2 Å². The number of rotatable bonds is 4. The Morgan fingerprint density at radius 3 is 2.31 bits per heavy atom. The second-order valence-corrected chi connectivity index (χ2v) is 5.62. The molecule has 1 N–H and O–H groups in total. The number of aliphatic hydroxyl groups excluding tert-OH is 1. The fraction of sp³-hybridized carbons (Fsp3) is 0.143. The minimum atomic E-state index is 0. The smallest absolute Gasteiger partial charge is 0.113 e. The van der Waals surface area contributed by atoms with Gasteiger partial charge in [-0.15, -0.1) is 12.4 Å². The van der Waals surface area contributed by atoms with Crippen molar-refractivity contribution in [1.82, 2.24) is 14.5 Å². The van der Waals surface area contributed by atoms with Gasteiger partial charge < -0.3 is 9.67 Å². The molecule has 134 valence electrons. The summed E-state index contributed by atoms with van der Waals surface area (Å²) < 4.78 is 1.98. The zero-order valence-corrected chi connectivity index (χ0v) is 15.2. The standard InChI is InChI=1S/C12H14N2O.C9H7N.ClH/c15-9-8-14-7-6-13-12(14)10-11-4-2-1-3-5-11;1-2-6-9-8(4-1)5-3-7-10-9;/h1-7,15H,8-10H2;1-7H;1H. The third-order valence-electron chi connectivity index (χ3n) is 3.86. The number of pyridine rings is 1. The Kier molecular flexibility index (Phi) is 7.80. The van der Waals surface area contributed by atoms with Gasteiger partial charge in [0.25, 0.3) is 0 Å². The monoisotopic (exact) mass is 367 g/mol. The fourth-order valence-corrected chi connectivity index (χ4v) is 2.61. The lowest BCUT2D eigenvalue weighted by atomic mass is 10.1. The number of fused-ring (bicyclic) bond motifs is 1. The highest BCUT2D eigenvalue weighted by Gasteiger charge is 2.02. The summed E-state index contributed by atoms with van der Waals surface area (Å²) in [6.45, 7) is 0.764. The Morgan fingerprint density at radius 1 is 0.808 bits per heavy atom. The Morgan fingerprint density at radius 2 is 1.54 bits per heavy atom. The summed E-state index contributed by atoms with van der Waals surface area (Å²) in [6, 6.07) is 22.3. The van der Waals surface area contributed by atoms with Gasteiger partial charge in [-0.25, -0.2) is 4.98 Å². The molecule has 26 heavy (non-hydrogen) atoms. The molecule has 0 spiro atoms. The quantitative estimate of drug-likeness (QED) is 0.590. The van der Waals surface area contributed by atoms with E-state index in [-0.39, 0.29) is 19.0 Å². The van der Waals surface area contributed by atoms with Crippen molar-refractivity contribution in [2.45, 2.75) is 13.0 Å². The van der Waals surface area contributed by atoms with Crippen molar-refractivity contribution in [3.63, 3.8) is 0 Å². The maximum atomic E-state index is 8.88. The Labute approximate surface area is 159 Å². The van der Waals surface area contributed by atoms with Crippen molar-refractivity contribution in [1.29, 1.82) is 0 Å². The normalized spacial score (nSPS) is 9.88. The van der Waals surface area contributed by atoms with Gasteiger partial charge in [-0.3, -0.25) is 4.98 Å². The molecule has 4 aromatic rings. The van der Waals surface area contributed by atoms with E-state index in [1.165, 1.54) is 10.9 Å². The van der Waals surface area contributed by atoms with Crippen molar-refractivity contribution in [2.24, 2.45) is 0 Å². The van der Waals surface area contributed by atoms with E-state index in [1.54, 1.807) is 6.20 Å². The van der Waals surface area contributed by atoms with Crippen LogP contribution in [0.3, 0.4) is 0 Å². The lowest BCUT2D eigenvalue weighted by Gasteiger charge is -2.05. The number of hydrogen-bond donors (Lipinski definition) is 1. The minimum absolute atomic E-state index is 0. The van der Waals surface area contributed by atoms with Crippen molar-refractivity contribution < 1.29 is 5.11 Å². The molecule has 0 saturated carbocycles. The van der Waals surface area contributed by atoms with Crippen LogP contribution in [0.1, 0.15) is 11.4 Å². The van der Waals surface area contributed by atoms with Crippen LogP contribution in [0.5, 0.6) is 0 Å². The maximum Gasteiger partial charge on any atom is 0.113 e. The fourth-order valence-electron chi connectivity index (χ4n) is 2.61. The molecule has 0 bridgehead atoms. The highest BCUT2D eigenvalue weighted by atomic mass is 35.5. The maximum absolute atomic E-state index is 8.88. The first-order valence-electron chi connectivity index (χ1n) is 8.31. The van der Waals surface area contributed by atoms with E-state index in [0.717, 1.165) is 17.8 Å². The molecular weight excluding hydrogens is 346 g/mol. The summed E-state index contributed by atoms with van der Waals surface area (Å²) >= 11 is 0. The zero-order valence-electron chi connectivity index (χ0n) is 14.4. The Bertz CT molecular complexity index is 844. The van der Waals surface area contributed by atoms with Crippen molar-refractivity contribution in [2.75, 3.05) is 6.61 Å². The summed E-state index contributed by atoms with van der Waals surface area (Å²) in [4.78, 5) is 8.46. The van der Waals surface area contributed by atoms with Gasteiger partial charge in [-0.2, -0.15) is 0 Å². The zero-order chi connectivity index (χ0) is 17.3. The Balaban J connectivity index is 0.000000193. The topological polar surface area (TPSA) is 50.9 Å². The average molecular weight is 368 g/mol. The van der Waals surface area contributed by atoms with Crippen LogP contribution < -0.4 is 0 Å². The predicted octanol–water partition coefficient (Wildman–Crippen LogP) is 4.12. The first-order valence-corrected chi connectivity index (χ1v) is 8.31. The number of benzene rings is 2. The summed E-state index contributed by atoms with van der Waals surface area (Å²) in [5.74, 6) is 0.996. The number of imidazole rings is 1. The van der Waals surface area contributed by atoms with Gasteiger partial charge in [0.1, 0.15) is 5.82 Å². The molecule has 2 aromatic heterocycles. The van der Waals surface area contributed by atoms with E-state index in [9.17, 15) is 0 Å². The number of nitrogens with zero attached hydrogens (tertiary/aromatic N) is 3. The van der Waals surface area contributed by atoms with Gasteiger partial charge in [-0.05, 0) is 17.7 Å². The van der Waals surface area contributed by atoms with E-state index in [1.807, 2.05) is 59.4 Å². The van der Waals surface area contributed by atoms with Crippen LogP contribution in [-0.4, -0.2) is 26.2 Å². The Hall–Kier alpha value is -2.69. The van der Waals surface area contributed by atoms with Crippen molar-refractivity contribution >= 4 is 23.3 Å². The molecule has 2 aromatic carbocycles. The van der Waals surface area contributed by atoms with Crippen LogP contribution in [0, 0.1) is 0 Å². The molecule has 0 aliphatic rings. The van der Waals surface area contributed by atoms with Crippen LogP contribution in [0.25, 0.3) is 10.9 Å². The first kappa shape index (κ1) is 19.6. The van der Waals surface area contributed by atoms with Crippen LogP contribution >= 0.6 is 12.4 Å². The van der Waals surface area contributed by atoms with Gasteiger partial charge in [-0.1, -0.05) is 54.6 Å². The predicted molar refractivity (Wildman–Crippen MR) is 108 cm³/mol. The second-order valence-electron chi connectivity index (χ2n) is 5.62. The number of aromatic nitrogens is 3. The van der Waals surface area contributed by atoms with Gasteiger partial charge in [0.15, 0.2) is 0 Å². The lowest BCUT2D eigenvalue weighted by molar-refractivity contribution is 0.274. The number of hydrogen-bond acceptors (Lipinski definition) is 3. The highest BCUT2D eigenvalue weighted by molar-refractivity contribution is 5.85. The first-order chi connectivity index (χ1) is 12.4. The molecule has 0 saturated heterocycles. The number of aliphatic hydroxyl groups is 1. The molecule has 0 amide bonds. The van der Waals surface area contributed by atoms with E-state index < -0.39 is 0 Å². The van der Waals surface area contributed by atoms with Crippen molar-refractivity contribution in [3.05, 3.63) is 96.7 Å². The summed E-state index contributed by atoms with van der Waals surface area (Å²) in [7, 11) is 0. The third kappa shape index (κ3) is 5.41. The van der Waals surface area contributed by atoms with E-state index in [0.29, 0.717) is 6.54 Å². The van der Waals surface area contributed by atoms with Crippen LogP contribution in [0.2, 0.25) is 0 Å². The lowest BCUT2D eigenvalue weighted by Crippen LogP contribution is -2.06. The molecule has 0 aliphatic carbocycles. The molecular formula is C21H22ClN3O. The average Bonchev–Trinajstić information content (AvgIpc) is 3.10. The van der Waals surface area contributed by atoms with Gasteiger partial charge >= 0.3 is 0 Å². The number of halogens is 1. The van der Waals surface area contributed by atoms with Crippen molar-refractivity contribution in [3.8, 4) is 0 Å². The van der Waals surface area contributed by atoms with Crippen LogP contribution in [0.4, 0.5) is 0 Å². The van der Waals surface area contributed by atoms with Gasteiger partial charge in [0.05, 0.1) is 12.1 Å². The molecule has 0 unspecified atom stereocenters. The van der Waals surface area contributed by atoms with Crippen LogP contribution in [0.15, 0.2) is 85.3 Å². The SMILES string of the molecule is Cl.OCCn1ccnc1Cc1ccccc1.c1ccc2ncccc2c1. The number of para-hydroxylation sites is 1.